The summed E-state index contributed by atoms with van der Waals surface area (Å²) in [5, 5.41) is 2.81. The maximum atomic E-state index is 14.4. The number of methoxy groups -OCH3 is 2. The van der Waals surface area contributed by atoms with Gasteiger partial charge in [-0.15, -0.1) is 0 Å². The Morgan fingerprint density at radius 3 is 2.46 bits per heavy atom. The highest BCUT2D eigenvalue weighted by molar-refractivity contribution is 5.73. The highest BCUT2D eigenvalue weighted by Gasteiger charge is 2.20. The minimum Gasteiger partial charge on any atom is -0.490 e. The van der Waals surface area contributed by atoms with Crippen molar-refractivity contribution < 1.29 is 18.3 Å². The van der Waals surface area contributed by atoms with Gasteiger partial charge >= 0.3 is 0 Å². The van der Waals surface area contributed by atoms with Crippen LogP contribution >= 0.6 is 0 Å². The lowest BCUT2D eigenvalue weighted by Crippen LogP contribution is -2.07. The Morgan fingerprint density at radius 1 is 1.04 bits per heavy atom. The summed E-state index contributed by atoms with van der Waals surface area (Å²) in [7, 11) is 2.50. The van der Waals surface area contributed by atoms with Crippen molar-refractivity contribution in [2.45, 2.75) is 6.54 Å². The van der Waals surface area contributed by atoms with Crippen LogP contribution in [0.3, 0.4) is 0 Å². The van der Waals surface area contributed by atoms with Crippen molar-refractivity contribution in [1.82, 2.24) is 9.97 Å². The molecule has 1 aromatic heterocycles. The molecule has 1 heterocycles. The third-order valence-electron chi connectivity index (χ3n) is 3.50. The van der Waals surface area contributed by atoms with Gasteiger partial charge in [0.05, 0.1) is 49.4 Å². The molecule has 0 atom stereocenters. The van der Waals surface area contributed by atoms with Gasteiger partial charge in [-0.3, -0.25) is 4.98 Å². The number of ether oxygens (including phenoxy) is 2. The molecule has 0 amide bonds. The first-order valence-corrected chi connectivity index (χ1v) is 7.18. The van der Waals surface area contributed by atoms with Crippen LogP contribution in [0.15, 0.2) is 36.5 Å². The number of hydrogen-bond acceptors (Lipinski definition) is 5. The van der Waals surface area contributed by atoms with Crippen LogP contribution in [0.4, 0.5) is 14.5 Å². The second-order valence-electron chi connectivity index (χ2n) is 4.99. The van der Waals surface area contributed by atoms with Gasteiger partial charge in [0.2, 0.25) is 5.75 Å². The standard InChI is InChI=1S/C17H15F2N3O2/c1-23-16-11(18)7-14(15(19)17(16)24-2)21-9-10-8-20-12-5-3-4-6-13(12)22-10/h3-8,21H,9H2,1-2H3. The van der Waals surface area contributed by atoms with Crippen LogP contribution in [0, 0.1) is 11.6 Å². The Balaban J connectivity index is 1.86. The zero-order valence-corrected chi connectivity index (χ0v) is 13.1. The van der Waals surface area contributed by atoms with Gasteiger partial charge < -0.3 is 14.8 Å². The molecule has 0 fully saturated rings. The molecule has 7 heteroatoms. The monoisotopic (exact) mass is 331 g/mol. The normalized spacial score (nSPS) is 10.7. The molecule has 3 aromatic rings. The summed E-state index contributed by atoms with van der Waals surface area (Å²) < 4.78 is 38.1. The van der Waals surface area contributed by atoms with E-state index < -0.39 is 11.6 Å². The van der Waals surface area contributed by atoms with E-state index >= 15 is 0 Å². The third-order valence-corrected chi connectivity index (χ3v) is 3.50. The molecule has 24 heavy (non-hydrogen) atoms. The lowest BCUT2D eigenvalue weighted by atomic mass is 10.2. The van der Waals surface area contributed by atoms with E-state index in [1.54, 1.807) is 6.20 Å². The van der Waals surface area contributed by atoms with Crippen LogP contribution < -0.4 is 14.8 Å². The molecular weight excluding hydrogens is 316 g/mol. The summed E-state index contributed by atoms with van der Waals surface area (Å²) in [5.74, 6) is -2.01. The fourth-order valence-electron chi connectivity index (χ4n) is 2.35. The first-order chi connectivity index (χ1) is 11.6. The Labute approximate surface area is 137 Å². The lowest BCUT2D eigenvalue weighted by Gasteiger charge is -2.14. The smallest absolute Gasteiger partial charge is 0.202 e. The molecule has 0 spiro atoms. The van der Waals surface area contributed by atoms with E-state index in [4.69, 9.17) is 9.47 Å². The summed E-state index contributed by atoms with van der Waals surface area (Å²) in [6, 6.07) is 8.44. The predicted octanol–water partition coefficient (Wildman–Crippen LogP) is 3.54. The number of hydrogen-bond donors (Lipinski definition) is 1. The van der Waals surface area contributed by atoms with E-state index in [0.717, 1.165) is 17.1 Å². The van der Waals surface area contributed by atoms with Crippen molar-refractivity contribution in [1.29, 1.82) is 0 Å². The van der Waals surface area contributed by atoms with Crippen molar-refractivity contribution in [3.8, 4) is 11.5 Å². The van der Waals surface area contributed by atoms with Crippen LogP contribution in [0.2, 0.25) is 0 Å². The molecule has 0 aliphatic carbocycles. The molecule has 0 saturated heterocycles. The average molecular weight is 331 g/mol. The topological polar surface area (TPSA) is 56.3 Å². The largest absolute Gasteiger partial charge is 0.490 e. The number of nitrogens with zero attached hydrogens (tertiary/aromatic N) is 2. The molecule has 0 bridgehead atoms. The van der Waals surface area contributed by atoms with Crippen molar-refractivity contribution in [2.75, 3.05) is 19.5 Å². The zero-order chi connectivity index (χ0) is 17.1. The van der Waals surface area contributed by atoms with Gasteiger partial charge in [0.15, 0.2) is 17.4 Å². The fourth-order valence-corrected chi connectivity index (χ4v) is 2.35. The summed E-state index contributed by atoms with van der Waals surface area (Å²) in [4.78, 5) is 8.70. The van der Waals surface area contributed by atoms with Gasteiger partial charge in [-0.25, -0.2) is 13.8 Å². The molecule has 0 aliphatic rings. The van der Waals surface area contributed by atoms with E-state index in [9.17, 15) is 8.78 Å². The maximum Gasteiger partial charge on any atom is 0.202 e. The number of nitrogens with one attached hydrogen (secondary N) is 1. The van der Waals surface area contributed by atoms with Crippen molar-refractivity contribution in [3.05, 3.63) is 53.9 Å². The molecule has 2 aromatic carbocycles. The molecule has 124 valence electrons. The van der Waals surface area contributed by atoms with Crippen LogP contribution in [0.5, 0.6) is 11.5 Å². The summed E-state index contributed by atoms with van der Waals surface area (Å²) in [6.45, 7) is 0.184. The van der Waals surface area contributed by atoms with Gasteiger partial charge in [-0.1, -0.05) is 12.1 Å². The van der Waals surface area contributed by atoms with E-state index in [1.165, 1.54) is 14.2 Å². The predicted molar refractivity (Wildman–Crippen MR) is 86.3 cm³/mol. The molecule has 5 nitrogen and oxygen atoms in total. The molecule has 1 N–H and O–H groups in total. The Morgan fingerprint density at radius 2 is 1.75 bits per heavy atom. The van der Waals surface area contributed by atoms with Gasteiger partial charge in [0.25, 0.3) is 0 Å². The second-order valence-corrected chi connectivity index (χ2v) is 4.99. The molecule has 0 radical (unpaired) electrons. The maximum absolute atomic E-state index is 14.4. The Kier molecular flexibility index (Phi) is 4.41. The van der Waals surface area contributed by atoms with Crippen molar-refractivity contribution in [3.63, 3.8) is 0 Å². The molecule has 0 unspecified atom stereocenters. The first-order valence-electron chi connectivity index (χ1n) is 7.18. The highest BCUT2D eigenvalue weighted by atomic mass is 19.1. The van der Waals surface area contributed by atoms with Crippen molar-refractivity contribution in [2.24, 2.45) is 0 Å². The number of para-hydroxylation sites is 2. The number of benzene rings is 2. The van der Waals surface area contributed by atoms with Gasteiger partial charge in [0, 0.05) is 6.07 Å². The third kappa shape index (κ3) is 2.92. The summed E-state index contributed by atoms with van der Waals surface area (Å²) in [5.41, 5.74) is 2.06. The highest BCUT2D eigenvalue weighted by Crippen LogP contribution is 2.37. The zero-order valence-electron chi connectivity index (χ0n) is 13.1. The van der Waals surface area contributed by atoms with Crippen LogP contribution in [-0.4, -0.2) is 24.2 Å². The molecule has 0 aliphatic heterocycles. The van der Waals surface area contributed by atoms with Gasteiger partial charge in [-0.05, 0) is 12.1 Å². The van der Waals surface area contributed by atoms with E-state index in [2.05, 4.69) is 15.3 Å². The number of halogens is 2. The number of fused-ring (bicyclic) bond motifs is 1. The number of anilines is 1. The van der Waals surface area contributed by atoms with Gasteiger partial charge in [-0.2, -0.15) is 0 Å². The quantitative estimate of drug-likeness (QED) is 0.775. The van der Waals surface area contributed by atoms with Crippen LogP contribution in [0.25, 0.3) is 11.0 Å². The Bertz CT molecular complexity index is 887. The van der Waals surface area contributed by atoms with E-state index in [-0.39, 0.29) is 23.7 Å². The second kappa shape index (κ2) is 6.66. The summed E-state index contributed by atoms with van der Waals surface area (Å²) >= 11 is 0. The van der Waals surface area contributed by atoms with Crippen LogP contribution in [-0.2, 0) is 6.54 Å². The van der Waals surface area contributed by atoms with Gasteiger partial charge in [0.1, 0.15) is 0 Å². The number of aromatic nitrogens is 2. The number of rotatable bonds is 5. The van der Waals surface area contributed by atoms with Crippen molar-refractivity contribution >= 4 is 16.7 Å². The van der Waals surface area contributed by atoms with E-state index in [0.29, 0.717) is 5.69 Å². The SMILES string of the molecule is COc1c(F)cc(NCc2cnc3ccccc3n2)c(F)c1OC. The average Bonchev–Trinajstić information content (AvgIpc) is 2.61. The molecule has 0 saturated carbocycles. The minimum atomic E-state index is -0.732. The molecule has 3 rings (SSSR count). The summed E-state index contributed by atoms with van der Waals surface area (Å²) in [6.07, 6.45) is 1.59. The Hall–Kier alpha value is -2.96. The van der Waals surface area contributed by atoms with Crippen LogP contribution in [0.1, 0.15) is 5.69 Å². The fraction of sp³-hybridized carbons (Fsp3) is 0.176. The molecular formula is C17H15F2N3O2. The lowest BCUT2D eigenvalue weighted by molar-refractivity contribution is 0.323. The minimum absolute atomic E-state index is 0.0416. The first kappa shape index (κ1) is 15.9. The van der Waals surface area contributed by atoms with E-state index in [1.807, 2.05) is 24.3 Å².